The van der Waals surface area contributed by atoms with E-state index >= 15 is 0 Å². The molecule has 0 aromatic heterocycles. The van der Waals surface area contributed by atoms with Gasteiger partial charge in [0.2, 0.25) is 0 Å². The van der Waals surface area contributed by atoms with Crippen molar-refractivity contribution in [1.82, 2.24) is 4.90 Å². The van der Waals surface area contributed by atoms with E-state index in [0.717, 1.165) is 43.9 Å². The second-order valence-corrected chi connectivity index (χ2v) is 7.35. The molecule has 0 amide bonds. The van der Waals surface area contributed by atoms with Gasteiger partial charge in [-0.3, -0.25) is 4.90 Å². The number of hydrogen-bond acceptors (Lipinski definition) is 6. The highest BCUT2D eigenvalue weighted by Gasteiger charge is 2.47. The van der Waals surface area contributed by atoms with Gasteiger partial charge in [-0.15, -0.1) is 12.4 Å². The Bertz CT molecular complexity index is 622. The average molecular weight is 400 g/mol. The van der Waals surface area contributed by atoms with Crippen molar-refractivity contribution in [2.45, 2.75) is 50.0 Å². The fourth-order valence-corrected chi connectivity index (χ4v) is 4.49. The molecule has 2 heterocycles. The minimum absolute atomic E-state index is 0. The van der Waals surface area contributed by atoms with Crippen LogP contribution in [0, 0.1) is 0 Å². The van der Waals surface area contributed by atoms with Crippen LogP contribution in [0.1, 0.15) is 32.1 Å². The highest BCUT2D eigenvalue weighted by Crippen LogP contribution is 2.37. The fraction of sp³-hybridized carbons (Fsp3) is 0.700. The Balaban J connectivity index is 0.00000210. The van der Waals surface area contributed by atoms with Crippen LogP contribution in [-0.2, 0) is 9.47 Å². The van der Waals surface area contributed by atoms with Crippen molar-refractivity contribution in [2.24, 2.45) is 0 Å². The molecule has 6 nitrogen and oxygen atoms in total. The molecule has 2 saturated heterocycles. The van der Waals surface area contributed by atoms with E-state index in [1.54, 1.807) is 14.2 Å². The number of methoxy groups -OCH3 is 2. The van der Waals surface area contributed by atoms with Crippen molar-refractivity contribution in [3.63, 3.8) is 0 Å². The first-order valence-electron chi connectivity index (χ1n) is 9.64. The Morgan fingerprint density at radius 1 is 1.04 bits per heavy atom. The Labute approximate surface area is 167 Å². The van der Waals surface area contributed by atoms with E-state index in [1.807, 2.05) is 18.2 Å². The van der Waals surface area contributed by atoms with Crippen LogP contribution in [0.2, 0.25) is 0 Å². The van der Waals surface area contributed by atoms with E-state index in [0.29, 0.717) is 25.0 Å². The smallest absolute Gasteiger partial charge is 0.182 e. The third kappa shape index (κ3) is 4.29. The second kappa shape index (κ2) is 8.86. The summed E-state index contributed by atoms with van der Waals surface area (Å²) in [4.78, 5) is 2.51. The Morgan fingerprint density at radius 2 is 1.78 bits per heavy atom. The molecule has 7 heteroatoms. The van der Waals surface area contributed by atoms with Crippen LogP contribution in [0.25, 0.3) is 0 Å². The molecule has 0 radical (unpaired) electrons. The first kappa shape index (κ1) is 20.5. The van der Waals surface area contributed by atoms with E-state index in [4.69, 9.17) is 23.7 Å². The van der Waals surface area contributed by atoms with Gasteiger partial charge in [-0.25, -0.2) is 0 Å². The minimum atomic E-state index is -0.370. The maximum Gasteiger partial charge on any atom is 0.182 e. The van der Waals surface area contributed by atoms with Crippen molar-refractivity contribution in [2.75, 3.05) is 40.5 Å². The summed E-state index contributed by atoms with van der Waals surface area (Å²) >= 11 is 0. The molecule has 1 aromatic rings. The SMILES string of the molecule is COc1ccc(O[C@H]2CCCC[C@@H]2N2CCC3(C2)OCCO3)cc1OC.Cl. The number of nitrogens with zero attached hydrogens (tertiary/aromatic N) is 1. The second-order valence-electron chi connectivity index (χ2n) is 7.35. The minimum Gasteiger partial charge on any atom is -0.493 e. The number of halogens is 1. The van der Waals surface area contributed by atoms with Gasteiger partial charge in [-0.05, 0) is 31.4 Å². The van der Waals surface area contributed by atoms with Crippen molar-refractivity contribution in [1.29, 1.82) is 0 Å². The van der Waals surface area contributed by atoms with Gasteiger partial charge >= 0.3 is 0 Å². The molecular formula is C20H30ClNO5. The molecule has 1 aromatic carbocycles. The van der Waals surface area contributed by atoms with E-state index in [1.165, 1.54) is 12.8 Å². The molecular weight excluding hydrogens is 370 g/mol. The first-order valence-corrected chi connectivity index (χ1v) is 9.64. The number of rotatable bonds is 5. The third-order valence-corrected chi connectivity index (χ3v) is 5.82. The summed E-state index contributed by atoms with van der Waals surface area (Å²) in [6.45, 7) is 3.29. The van der Waals surface area contributed by atoms with E-state index in [2.05, 4.69) is 4.90 Å². The highest BCUT2D eigenvalue weighted by molar-refractivity contribution is 5.85. The standard InChI is InChI=1S/C20H29NO5.ClH/c1-22-18-8-7-15(13-19(18)23-2)26-17-6-4-3-5-16(17)21-10-9-20(14-21)24-11-12-25-20;/h7-8,13,16-17H,3-6,9-12,14H2,1-2H3;1H/t16-,17-;/m0./s1. The molecule has 1 aliphatic carbocycles. The quantitative estimate of drug-likeness (QED) is 0.757. The molecule has 0 N–H and O–H groups in total. The van der Waals surface area contributed by atoms with Crippen molar-refractivity contribution >= 4 is 12.4 Å². The van der Waals surface area contributed by atoms with E-state index in [-0.39, 0.29) is 24.3 Å². The molecule has 4 rings (SSSR count). The van der Waals surface area contributed by atoms with Crippen LogP contribution in [0.15, 0.2) is 18.2 Å². The maximum atomic E-state index is 6.41. The first-order chi connectivity index (χ1) is 12.7. The lowest BCUT2D eigenvalue weighted by Crippen LogP contribution is -2.48. The molecule has 0 bridgehead atoms. The predicted molar refractivity (Wildman–Crippen MR) is 104 cm³/mol. The van der Waals surface area contributed by atoms with Crippen molar-refractivity contribution in [3.8, 4) is 17.2 Å². The number of likely N-dealkylation sites (tertiary alicyclic amines) is 1. The largest absolute Gasteiger partial charge is 0.493 e. The van der Waals surface area contributed by atoms with Gasteiger partial charge in [0.1, 0.15) is 11.9 Å². The maximum absolute atomic E-state index is 6.41. The third-order valence-electron chi connectivity index (χ3n) is 5.82. The molecule has 3 fully saturated rings. The molecule has 2 aliphatic heterocycles. The van der Waals surface area contributed by atoms with Gasteiger partial charge in [-0.2, -0.15) is 0 Å². The van der Waals surface area contributed by atoms with Gasteiger partial charge in [0.05, 0.1) is 34.0 Å². The zero-order valence-electron chi connectivity index (χ0n) is 16.1. The summed E-state index contributed by atoms with van der Waals surface area (Å²) in [5, 5.41) is 0. The molecule has 3 aliphatic rings. The molecule has 0 unspecified atom stereocenters. The Morgan fingerprint density at radius 3 is 2.52 bits per heavy atom. The van der Waals surface area contributed by atoms with Gasteiger partial charge in [0.25, 0.3) is 0 Å². The lowest BCUT2D eigenvalue weighted by Gasteiger charge is -2.38. The Hall–Kier alpha value is -1.21. The normalized spacial score (nSPS) is 27.3. The summed E-state index contributed by atoms with van der Waals surface area (Å²) in [5.41, 5.74) is 0. The predicted octanol–water partition coefficient (Wildman–Crippen LogP) is 3.26. The van der Waals surface area contributed by atoms with Crippen molar-refractivity contribution in [3.05, 3.63) is 18.2 Å². The number of benzene rings is 1. The van der Waals surface area contributed by atoms with Gasteiger partial charge in [-0.1, -0.05) is 6.42 Å². The summed E-state index contributed by atoms with van der Waals surface area (Å²) in [7, 11) is 3.29. The molecule has 152 valence electrons. The zero-order chi connectivity index (χ0) is 18.0. The van der Waals surface area contributed by atoms with Crippen LogP contribution in [-0.4, -0.2) is 63.4 Å². The van der Waals surface area contributed by atoms with E-state index < -0.39 is 0 Å². The van der Waals surface area contributed by atoms with Crippen LogP contribution >= 0.6 is 12.4 Å². The molecule has 27 heavy (non-hydrogen) atoms. The van der Waals surface area contributed by atoms with Crippen LogP contribution in [0.3, 0.4) is 0 Å². The van der Waals surface area contributed by atoms with Gasteiger partial charge in [0, 0.05) is 25.1 Å². The summed E-state index contributed by atoms with van der Waals surface area (Å²) in [6, 6.07) is 6.18. The van der Waals surface area contributed by atoms with Crippen LogP contribution in [0.4, 0.5) is 0 Å². The lowest BCUT2D eigenvalue weighted by atomic mass is 9.91. The average Bonchev–Trinajstić information content (AvgIpc) is 3.32. The molecule has 1 spiro atoms. The van der Waals surface area contributed by atoms with Gasteiger partial charge in [0.15, 0.2) is 17.3 Å². The summed E-state index contributed by atoms with van der Waals surface area (Å²) in [6.07, 6.45) is 5.82. The highest BCUT2D eigenvalue weighted by atomic mass is 35.5. The lowest BCUT2D eigenvalue weighted by molar-refractivity contribution is -0.148. The topological polar surface area (TPSA) is 49.4 Å². The zero-order valence-corrected chi connectivity index (χ0v) is 17.0. The number of hydrogen-bond donors (Lipinski definition) is 0. The van der Waals surface area contributed by atoms with Crippen molar-refractivity contribution < 1.29 is 23.7 Å². The summed E-state index contributed by atoms with van der Waals surface area (Å²) in [5.74, 6) is 1.88. The summed E-state index contributed by atoms with van der Waals surface area (Å²) < 4.78 is 28.9. The fourth-order valence-electron chi connectivity index (χ4n) is 4.49. The van der Waals surface area contributed by atoms with Crippen LogP contribution in [0.5, 0.6) is 17.2 Å². The van der Waals surface area contributed by atoms with Gasteiger partial charge < -0.3 is 23.7 Å². The number of ether oxygens (including phenoxy) is 5. The molecule has 1 saturated carbocycles. The Kier molecular flexibility index (Phi) is 6.74. The monoisotopic (exact) mass is 399 g/mol. The molecule has 2 atom stereocenters. The van der Waals surface area contributed by atoms with E-state index in [9.17, 15) is 0 Å². The van der Waals surface area contributed by atoms with Crippen LogP contribution < -0.4 is 14.2 Å².